The fraction of sp³-hybridized carbons (Fsp3) is 0.350. The third kappa shape index (κ3) is 5.74. The van der Waals surface area contributed by atoms with Crippen LogP contribution < -0.4 is 10.6 Å². The molecule has 0 aliphatic heterocycles. The van der Waals surface area contributed by atoms with Crippen molar-refractivity contribution in [3.63, 3.8) is 0 Å². The minimum atomic E-state index is -1.14. The number of aliphatic imine (C=N–C) groups is 1. The Hall–Kier alpha value is -2.51. The number of thiophene rings is 1. The first-order valence-electron chi connectivity index (χ1n) is 8.89. The van der Waals surface area contributed by atoms with Crippen LogP contribution in [-0.4, -0.2) is 24.2 Å². The molecule has 3 N–H and O–H groups in total. The molecule has 0 spiro atoms. The quantitative estimate of drug-likeness (QED) is 0.407. The molecule has 0 aliphatic rings. The van der Waals surface area contributed by atoms with Gasteiger partial charge in [-0.1, -0.05) is 6.07 Å². The minimum Gasteiger partial charge on any atom is -0.469 e. The molecule has 0 radical (unpaired) electrons. The molecule has 0 amide bonds. The molecular formula is C20H25N3O3S. The van der Waals surface area contributed by atoms with Crippen LogP contribution in [0.5, 0.6) is 0 Å². The Morgan fingerprint density at radius 1 is 1.22 bits per heavy atom. The van der Waals surface area contributed by atoms with E-state index in [9.17, 15) is 5.11 Å². The second-order valence-corrected chi connectivity index (χ2v) is 7.57. The van der Waals surface area contributed by atoms with E-state index in [0.29, 0.717) is 24.8 Å². The highest BCUT2D eigenvalue weighted by atomic mass is 32.1. The first kappa shape index (κ1) is 19.3. The monoisotopic (exact) mass is 387 g/mol. The molecule has 27 heavy (non-hydrogen) atoms. The molecule has 6 nitrogen and oxygen atoms in total. The molecule has 0 aromatic carbocycles. The average molecular weight is 388 g/mol. The van der Waals surface area contributed by atoms with Crippen LogP contribution in [0.1, 0.15) is 29.1 Å². The van der Waals surface area contributed by atoms with Crippen molar-refractivity contribution in [2.45, 2.75) is 32.4 Å². The molecule has 144 valence electrons. The van der Waals surface area contributed by atoms with Gasteiger partial charge in [-0.2, -0.15) is 0 Å². The van der Waals surface area contributed by atoms with Crippen molar-refractivity contribution in [3.05, 3.63) is 70.2 Å². The van der Waals surface area contributed by atoms with Gasteiger partial charge in [0, 0.05) is 17.8 Å². The van der Waals surface area contributed by atoms with Gasteiger partial charge < -0.3 is 24.6 Å². The zero-order chi connectivity index (χ0) is 19.1. The Kier molecular flexibility index (Phi) is 6.36. The maximum atomic E-state index is 10.7. The SMILES string of the molecule is Cc1ccc(C(C)(O)CNC(=NCc2cccs2)NCCc2ccco2)o1. The van der Waals surface area contributed by atoms with Crippen molar-refractivity contribution < 1.29 is 13.9 Å². The molecule has 0 bridgehead atoms. The average Bonchev–Trinajstić information content (AvgIpc) is 3.39. The highest BCUT2D eigenvalue weighted by molar-refractivity contribution is 7.09. The smallest absolute Gasteiger partial charge is 0.191 e. The van der Waals surface area contributed by atoms with Gasteiger partial charge in [0.1, 0.15) is 22.9 Å². The second kappa shape index (κ2) is 8.92. The third-order valence-electron chi connectivity index (χ3n) is 4.09. The number of nitrogens with zero attached hydrogens (tertiary/aromatic N) is 1. The number of aliphatic hydroxyl groups is 1. The van der Waals surface area contributed by atoms with Crippen LogP contribution in [0.25, 0.3) is 0 Å². The van der Waals surface area contributed by atoms with Gasteiger partial charge >= 0.3 is 0 Å². The lowest BCUT2D eigenvalue weighted by atomic mass is 10.0. The van der Waals surface area contributed by atoms with E-state index in [2.05, 4.69) is 21.7 Å². The van der Waals surface area contributed by atoms with Crippen LogP contribution in [0.4, 0.5) is 0 Å². The van der Waals surface area contributed by atoms with Crippen LogP contribution in [0, 0.1) is 6.92 Å². The van der Waals surface area contributed by atoms with Crippen molar-refractivity contribution in [2.75, 3.05) is 13.1 Å². The summed E-state index contributed by atoms with van der Waals surface area (Å²) < 4.78 is 10.9. The molecule has 3 aromatic rings. The van der Waals surface area contributed by atoms with Crippen LogP contribution in [0.2, 0.25) is 0 Å². The van der Waals surface area contributed by atoms with Crippen LogP contribution in [-0.2, 0) is 18.6 Å². The largest absolute Gasteiger partial charge is 0.469 e. The van der Waals surface area contributed by atoms with E-state index < -0.39 is 5.60 Å². The standard InChI is InChI=1S/C20H25N3O3S/c1-15-7-8-18(26-15)20(2,24)14-23-19(22-13-17-6-4-12-27-17)21-10-9-16-5-3-11-25-16/h3-8,11-12,24H,9-10,13-14H2,1-2H3,(H2,21,22,23). The number of hydrogen-bond donors (Lipinski definition) is 3. The zero-order valence-electron chi connectivity index (χ0n) is 15.6. The summed E-state index contributed by atoms with van der Waals surface area (Å²) in [7, 11) is 0. The van der Waals surface area contributed by atoms with Crippen molar-refractivity contribution >= 4 is 17.3 Å². The first-order chi connectivity index (χ1) is 13.0. The first-order valence-corrected chi connectivity index (χ1v) is 9.77. The summed E-state index contributed by atoms with van der Waals surface area (Å²) in [6.45, 7) is 5.10. The molecule has 0 aliphatic carbocycles. The van der Waals surface area contributed by atoms with Crippen LogP contribution >= 0.6 is 11.3 Å². The Balaban J connectivity index is 1.60. The Morgan fingerprint density at radius 3 is 2.78 bits per heavy atom. The van der Waals surface area contributed by atoms with E-state index in [-0.39, 0.29) is 6.54 Å². The molecule has 7 heteroatoms. The van der Waals surface area contributed by atoms with E-state index in [1.54, 1.807) is 30.6 Å². The molecule has 0 saturated heterocycles. The van der Waals surface area contributed by atoms with E-state index in [4.69, 9.17) is 8.83 Å². The number of guanidine groups is 1. The fourth-order valence-electron chi connectivity index (χ4n) is 2.56. The van der Waals surface area contributed by atoms with Crippen LogP contribution in [0.15, 0.2) is 61.9 Å². The minimum absolute atomic E-state index is 0.275. The number of furan rings is 2. The summed E-state index contributed by atoms with van der Waals surface area (Å²) in [5.41, 5.74) is -1.14. The lowest BCUT2D eigenvalue weighted by Gasteiger charge is -2.23. The highest BCUT2D eigenvalue weighted by Gasteiger charge is 2.27. The van der Waals surface area contributed by atoms with E-state index in [0.717, 1.165) is 17.9 Å². The van der Waals surface area contributed by atoms with Crippen molar-refractivity contribution in [2.24, 2.45) is 4.99 Å². The van der Waals surface area contributed by atoms with Gasteiger partial charge in [-0.15, -0.1) is 11.3 Å². The second-order valence-electron chi connectivity index (χ2n) is 6.54. The summed E-state index contributed by atoms with van der Waals surface area (Å²) in [6.07, 6.45) is 2.42. The molecular weight excluding hydrogens is 362 g/mol. The van der Waals surface area contributed by atoms with Gasteiger partial charge in [0.2, 0.25) is 0 Å². The van der Waals surface area contributed by atoms with Gasteiger partial charge in [-0.25, -0.2) is 4.99 Å². The molecule has 3 heterocycles. The summed E-state index contributed by atoms with van der Waals surface area (Å²) in [5, 5.41) is 19.3. The van der Waals surface area contributed by atoms with Gasteiger partial charge in [-0.05, 0) is 49.6 Å². The summed E-state index contributed by atoms with van der Waals surface area (Å²) in [6, 6.07) is 11.5. The molecule has 1 unspecified atom stereocenters. The van der Waals surface area contributed by atoms with Gasteiger partial charge in [0.05, 0.1) is 19.4 Å². The molecule has 3 aromatic heterocycles. The predicted octanol–water partition coefficient (Wildman–Crippen LogP) is 3.43. The summed E-state index contributed by atoms with van der Waals surface area (Å²) >= 11 is 1.67. The Bertz CT molecular complexity index is 836. The van der Waals surface area contributed by atoms with Crippen molar-refractivity contribution in [3.8, 4) is 0 Å². The molecule has 1 atom stereocenters. The van der Waals surface area contributed by atoms with Crippen LogP contribution in [0.3, 0.4) is 0 Å². The van der Waals surface area contributed by atoms with E-state index in [1.807, 2.05) is 36.6 Å². The lowest BCUT2D eigenvalue weighted by Crippen LogP contribution is -2.45. The number of hydrogen-bond acceptors (Lipinski definition) is 5. The number of aryl methyl sites for hydroxylation is 1. The normalized spacial score (nSPS) is 14.1. The topological polar surface area (TPSA) is 82.9 Å². The van der Waals surface area contributed by atoms with Gasteiger partial charge in [0.25, 0.3) is 0 Å². The van der Waals surface area contributed by atoms with Gasteiger partial charge in [-0.3, -0.25) is 0 Å². The summed E-state index contributed by atoms with van der Waals surface area (Å²) in [4.78, 5) is 5.80. The fourth-order valence-corrected chi connectivity index (χ4v) is 3.19. The van der Waals surface area contributed by atoms with Crippen molar-refractivity contribution in [1.82, 2.24) is 10.6 Å². The number of rotatable bonds is 8. The molecule has 0 saturated carbocycles. The van der Waals surface area contributed by atoms with E-state index in [1.165, 1.54) is 4.88 Å². The van der Waals surface area contributed by atoms with Crippen molar-refractivity contribution in [1.29, 1.82) is 0 Å². The molecule has 0 fully saturated rings. The molecule has 3 rings (SSSR count). The predicted molar refractivity (Wildman–Crippen MR) is 107 cm³/mol. The Labute approximate surface area is 162 Å². The van der Waals surface area contributed by atoms with E-state index >= 15 is 0 Å². The Morgan fingerprint density at radius 2 is 2.11 bits per heavy atom. The maximum Gasteiger partial charge on any atom is 0.191 e. The highest BCUT2D eigenvalue weighted by Crippen LogP contribution is 2.21. The lowest BCUT2D eigenvalue weighted by molar-refractivity contribution is 0.0378. The third-order valence-corrected chi connectivity index (χ3v) is 4.95. The summed E-state index contributed by atoms with van der Waals surface area (Å²) in [5.74, 6) is 2.85. The maximum absolute atomic E-state index is 10.7. The number of nitrogens with one attached hydrogen (secondary N) is 2. The zero-order valence-corrected chi connectivity index (χ0v) is 16.4. The van der Waals surface area contributed by atoms with Gasteiger partial charge in [0.15, 0.2) is 5.96 Å².